The van der Waals surface area contributed by atoms with Gasteiger partial charge < -0.3 is 10.9 Å². The average Bonchev–Trinajstić information content (AvgIpc) is 2.50. The van der Waals surface area contributed by atoms with Crippen molar-refractivity contribution in [1.29, 1.82) is 0 Å². The van der Waals surface area contributed by atoms with Crippen molar-refractivity contribution < 1.29 is 4.74 Å². The van der Waals surface area contributed by atoms with E-state index in [0.29, 0.717) is 0 Å². The zero-order valence-electron chi connectivity index (χ0n) is 15.8. The van der Waals surface area contributed by atoms with Gasteiger partial charge in [-0.25, -0.2) is 0 Å². The summed E-state index contributed by atoms with van der Waals surface area (Å²) in [4.78, 5) is 0. The molecule has 3 N–H and O–H groups in total. The van der Waals surface area contributed by atoms with Crippen LogP contribution < -0.4 is 6.15 Å². The third-order valence-corrected chi connectivity index (χ3v) is 4.35. The van der Waals surface area contributed by atoms with Crippen LogP contribution in [0, 0.1) is 0 Å². The van der Waals surface area contributed by atoms with Gasteiger partial charge in [0.25, 0.3) is 0 Å². The van der Waals surface area contributed by atoms with Gasteiger partial charge in [0.15, 0.2) is 0 Å². The van der Waals surface area contributed by atoms with E-state index in [1.807, 2.05) is 0 Å². The van der Waals surface area contributed by atoms with Crippen LogP contribution in [0.2, 0.25) is 0 Å². The van der Waals surface area contributed by atoms with E-state index in [1.54, 1.807) is 0 Å². The van der Waals surface area contributed by atoms with E-state index >= 15 is 0 Å². The van der Waals surface area contributed by atoms with Gasteiger partial charge in [-0.2, -0.15) is 0 Å². The van der Waals surface area contributed by atoms with E-state index in [0.717, 1.165) is 13.2 Å². The first-order valence-electron chi connectivity index (χ1n) is 9.99. The van der Waals surface area contributed by atoms with Crippen LogP contribution in [-0.2, 0) is 4.74 Å². The first kappa shape index (κ1) is 24.2. The molecule has 0 radical (unpaired) electrons. The molecular weight excluding hydrogens is 270 g/mol. The standard InChI is InChI=1S/C20H42O.H3N/c1-3-5-6-7-8-9-10-11-12-13-14-15-16-17-18-19-20-21-4-2;/h3-20H2,1-2H3;1H3. The number of rotatable bonds is 18. The first-order valence-corrected chi connectivity index (χ1v) is 9.99. The third-order valence-electron chi connectivity index (χ3n) is 4.35. The molecular formula is C20H45NO. The van der Waals surface area contributed by atoms with E-state index in [2.05, 4.69) is 13.8 Å². The van der Waals surface area contributed by atoms with Gasteiger partial charge in [0.1, 0.15) is 0 Å². The Labute approximate surface area is 141 Å². The monoisotopic (exact) mass is 315 g/mol. The summed E-state index contributed by atoms with van der Waals surface area (Å²) < 4.78 is 5.35. The summed E-state index contributed by atoms with van der Waals surface area (Å²) in [5, 5.41) is 0. The Hall–Kier alpha value is -0.0800. The SMILES string of the molecule is CCCCCCCCCCCCCCCCCCOCC.N. The van der Waals surface area contributed by atoms with Gasteiger partial charge in [-0.15, -0.1) is 0 Å². The molecule has 22 heavy (non-hydrogen) atoms. The van der Waals surface area contributed by atoms with Crippen LogP contribution in [0.15, 0.2) is 0 Å². The lowest BCUT2D eigenvalue weighted by Gasteiger charge is -2.03. The Bertz CT molecular complexity index is 155. The van der Waals surface area contributed by atoms with E-state index in [9.17, 15) is 0 Å². The van der Waals surface area contributed by atoms with Crippen molar-refractivity contribution in [3.63, 3.8) is 0 Å². The number of unbranched alkanes of at least 4 members (excludes halogenated alkanes) is 15. The third kappa shape index (κ3) is 22.2. The molecule has 0 aromatic heterocycles. The van der Waals surface area contributed by atoms with Crippen molar-refractivity contribution in [1.82, 2.24) is 6.15 Å². The first-order chi connectivity index (χ1) is 10.4. The summed E-state index contributed by atoms with van der Waals surface area (Å²) in [6, 6.07) is 0. The number of hydrogen-bond acceptors (Lipinski definition) is 2. The summed E-state index contributed by atoms with van der Waals surface area (Å²) in [6.07, 6.45) is 22.9. The zero-order chi connectivity index (χ0) is 15.4. The molecule has 0 amide bonds. The molecule has 0 heterocycles. The summed E-state index contributed by atoms with van der Waals surface area (Å²) in [7, 11) is 0. The van der Waals surface area contributed by atoms with Crippen LogP contribution in [0.1, 0.15) is 117 Å². The molecule has 0 atom stereocenters. The maximum atomic E-state index is 5.35. The molecule has 0 aromatic rings. The van der Waals surface area contributed by atoms with E-state index < -0.39 is 0 Å². The second kappa shape index (κ2) is 23.2. The maximum absolute atomic E-state index is 5.35. The Morgan fingerprint density at radius 2 is 0.773 bits per heavy atom. The van der Waals surface area contributed by atoms with Gasteiger partial charge in [0, 0.05) is 13.2 Å². The number of hydrogen-bond donors (Lipinski definition) is 1. The zero-order valence-corrected chi connectivity index (χ0v) is 15.8. The van der Waals surface area contributed by atoms with Crippen molar-refractivity contribution in [2.24, 2.45) is 0 Å². The summed E-state index contributed by atoms with van der Waals surface area (Å²) in [6.45, 7) is 6.21. The molecule has 2 heteroatoms. The molecule has 2 nitrogen and oxygen atoms in total. The van der Waals surface area contributed by atoms with Crippen LogP contribution in [0.3, 0.4) is 0 Å². The molecule has 0 fully saturated rings. The molecule has 136 valence electrons. The molecule has 0 saturated carbocycles. The van der Waals surface area contributed by atoms with Crippen LogP contribution in [-0.4, -0.2) is 13.2 Å². The highest BCUT2D eigenvalue weighted by Crippen LogP contribution is 2.13. The fraction of sp³-hybridized carbons (Fsp3) is 1.00. The predicted octanol–water partition coefficient (Wildman–Crippen LogP) is 7.45. The van der Waals surface area contributed by atoms with Gasteiger partial charge in [0.2, 0.25) is 0 Å². The number of ether oxygens (including phenoxy) is 1. The van der Waals surface area contributed by atoms with Gasteiger partial charge in [0.05, 0.1) is 0 Å². The van der Waals surface area contributed by atoms with Gasteiger partial charge in [-0.1, -0.05) is 103 Å². The van der Waals surface area contributed by atoms with E-state index in [4.69, 9.17) is 4.74 Å². The molecule has 0 spiro atoms. The second-order valence-corrected chi connectivity index (χ2v) is 6.50. The topological polar surface area (TPSA) is 44.2 Å². The highest BCUT2D eigenvalue weighted by atomic mass is 16.5. The van der Waals surface area contributed by atoms with Crippen molar-refractivity contribution in [3.05, 3.63) is 0 Å². The fourth-order valence-electron chi connectivity index (χ4n) is 2.90. The molecule has 0 aliphatic rings. The highest BCUT2D eigenvalue weighted by Gasteiger charge is 1.94. The molecule has 0 aliphatic carbocycles. The molecule has 0 aliphatic heterocycles. The minimum absolute atomic E-state index is 0. The van der Waals surface area contributed by atoms with Crippen LogP contribution in [0.5, 0.6) is 0 Å². The lowest BCUT2D eigenvalue weighted by molar-refractivity contribution is 0.143. The normalized spacial score (nSPS) is 10.6. The Morgan fingerprint density at radius 1 is 0.455 bits per heavy atom. The molecule has 0 saturated heterocycles. The summed E-state index contributed by atoms with van der Waals surface area (Å²) >= 11 is 0. The van der Waals surface area contributed by atoms with Gasteiger partial charge in [-0.05, 0) is 13.3 Å². The average molecular weight is 316 g/mol. The summed E-state index contributed by atoms with van der Waals surface area (Å²) in [5.41, 5.74) is 0. The second-order valence-electron chi connectivity index (χ2n) is 6.50. The van der Waals surface area contributed by atoms with Gasteiger partial charge >= 0.3 is 0 Å². The molecule has 0 unspecified atom stereocenters. The molecule has 0 rings (SSSR count). The predicted molar refractivity (Wildman–Crippen MR) is 101 cm³/mol. The van der Waals surface area contributed by atoms with Crippen LogP contribution >= 0.6 is 0 Å². The van der Waals surface area contributed by atoms with Crippen molar-refractivity contribution in [2.45, 2.75) is 117 Å². The largest absolute Gasteiger partial charge is 0.382 e. The van der Waals surface area contributed by atoms with Crippen molar-refractivity contribution >= 4 is 0 Å². The van der Waals surface area contributed by atoms with Crippen molar-refractivity contribution in [2.75, 3.05) is 13.2 Å². The quantitative estimate of drug-likeness (QED) is 0.267. The Kier molecular flexibility index (Phi) is 25.5. The van der Waals surface area contributed by atoms with E-state index in [1.165, 1.54) is 103 Å². The van der Waals surface area contributed by atoms with Crippen LogP contribution in [0.4, 0.5) is 0 Å². The Balaban J connectivity index is 0. The summed E-state index contributed by atoms with van der Waals surface area (Å²) in [5.74, 6) is 0. The highest BCUT2D eigenvalue weighted by molar-refractivity contribution is 4.49. The Morgan fingerprint density at radius 3 is 1.09 bits per heavy atom. The van der Waals surface area contributed by atoms with Gasteiger partial charge in [-0.3, -0.25) is 0 Å². The van der Waals surface area contributed by atoms with Crippen molar-refractivity contribution in [3.8, 4) is 0 Å². The minimum Gasteiger partial charge on any atom is -0.382 e. The van der Waals surface area contributed by atoms with Crippen LogP contribution in [0.25, 0.3) is 0 Å². The molecule has 0 aromatic carbocycles. The smallest absolute Gasteiger partial charge is 0.0465 e. The maximum Gasteiger partial charge on any atom is 0.0465 e. The lowest BCUT2D eigenvalue weighted by Crippen LogP contribution is -1.92. The minimum atomic E-state index is 0. The van der Waals surface area contributed by atoms with E-state index in [-0.39, 0.29) is 6.15 Å². The fourth-order valence-corrected chi connectivity index (χ4v) is 2.90. The lowest BCUT2D eigenvalue weighted by atomic mass is 10.0. The molecule has 0 bridgehead atoms.